The number of nitrogens with zero attached hydrogens (tertiary/aromatic N) is 1. The first-order valence-electron chi connectivity index (χ1n) is 7.26. The maximum atomic E-state index is 3.58. The van der Waals surface area contributed by atoms with E-state index in [-0.39, 0.29) is 0 Å². The van der Waals surface area contributed by atoms with Gasteiger partial charge in [0.1, 0.15) is 0 Å². The van der Waals surface area contributed by atoms with Crippen LogP contribution in [0.3, 0.4) is 0 Å². The van der Waals surface area contributed by atoms with E-state index in [0.29, 0.717) is 11.5 Å². The third-order valence-electron chi connectivity index (χ3n) is 4.13. The zero-order chi connectivity index (χ0) is 13.1. The first-order chi connectivity index (χ1) is 7.82. The van der Waals surface area contributed by atoms with Gasteiger partial charge in [-0.1, -0.05) is 34.6 Å². The number of rotatable bonds is 6. The minimum Gasteiger partial charge on any atom is -0.316 e. The zero-order valence-corrected chi connectivity index (χ0v) is 12.7. The summed E-state index contributed by atoms with van der Waals surface area (Å²) in [7, 11) is 0. The van der Waals surface area contributed by atoms with Crippen molar-refractivity contribution >= 4 is 0 Å². The van der Waals surface area contributed by atoms with Gasteiger partial charge in [-0.3, -0.25) is 4.90 Å². The maximum absolute atomic E-state index is 3.58. The van der Waals surface area contributed by atoms with E-state index < -0.39 is 0 Å². The highest BCUT2D eigenvalue weighted by Gasteiger charge is 2.33. The van der Waals surface area contributed by atoms with Gasteiger partial charge in [0, 0.05) is 12.6 Å². The topological polar surface area (TPSA) is 15.3 Å². The molecule has 1 saturated heterocycles. The molecule has 2 nitrogen and oxygen atoms in total. The Labute approximate surface area is 108 Å². The number of likely N-dealkylation sites (tertiary alicyclic amines) is 1. The van der Waals surface area contributed by atoms with E-state index in [1.54, 1.807) is 0 Å². The molecule has 2 atom stereocenters. The van der Waals surface area contributed by atoms with Crippen molar-refractivity contribution in [3.63, 3.8) is 0 Å². The van der Waals surface area contributed by atoms with Crippen LogP contribution in [-0.2, 0) is 0 Å². The Hall–Kier alpha value is -0.0800. The lowest BCUT2D eigenvalue weighted by Crippen LogP contribution is -2.41. The van der Waals surface area contributed by atoms with Crippen molar-refractivity contribution in [3.05, 3.63) is 0 Å². The van der Waals surface area contributed by atoms with Crippen molar-refractivity contribution < 1.29 is 0 Å². The van der Waals surface area contributed by atoms with E-state index >= 15 is 0 Å². The largest absolute Gasteiger partial charge is 0.316 e. The fourth-order valence-electron chi connectivity index (χ4n) is 2.63. The molecule has 2 unspecified atom stereocenters. The molecular weight excluding hydrogens is 208 g/mol. The van der Waals surface area contributed by atoms with E-state index in [2.05, 4.69) is 51.8 Å². The predicted octanol–water partition coefficient (Wildman–Crippen LogP) is 2.99. The van der Waals surface area contributed by atoms with E-state index in [1.165, 1.54) is 19.5 Å². The quantitative estimate of drug-likeness (QED) is 0.768. The van der Waals surface area contributed by atoms with Gasteiger partial charge in [-0.25, -0.2) is 0 Å². The highest BCUT2D eigenvalue weighted by Crippen LogP contribution is 2.31. The summed E-state index contributed by atoms with van der Waals surface area (Å²) in [6, 6.07) is 0.705. The zero-order valence-electron chi connectivity index (χ0n) is 12.7. The molecule has 0 amide bonds. The van der Waals surface area contributed by atoms with Crippen LogP contribution in [0.1, 0.15) is 48.0 Å². The SMILES string of the molecule is CC(C)CNCC(C)C(C)N1CCC(C)(C)C1. The van der Waals surface area contributed by atoms with Crippen LogP contribution in [-0.4, -0.2) is 37.1 Å². The summed E-state index contributed by atoms with van der Waals surface area (Å²) in [6.45, 7) is 18.9. The second-order valence-corrected chi connectivity index (χ2v) is 7.15. The smallest absolute Gasteiger partial charge is 0.0105 e. The van der Waals surface area contributed by atoms with E-state index in [0.717, 1.165) is 24.9 Å². The molecule has 1 N–H and O–H groups in total. The summed E-state index contributed by atoms with van der Waals surface area (Å²) < 4.78 is 0. The Bertz CT molecular complexity index is 223. The Kier molecular flexibility index (Phi) is 5.46. The fraction of sp³-hybridized carbons (Fsp3) is 1.00. The molecular formula is C15H32N2. The Morgan fingerprint density at radius 3 is 2.24 bits per heavy atom. The molecule has 0 aliphatic carbocycles. The first kappa shape index (κ1) is 15.0. The van der Waals surface area contributed by atoms with Gasteiger partial charge in [0.05, 0.1) is 0 Å². The van der Waals surface area contributed by atoms with Gasteiger partial charge in [0.15, 0.2) is 0 Å². The molecule has 102 valence electrons. The van der Waals surface area contributed by atoms with Crippen LogP contribution in [0, 0.1) is 17.3 Å². The molecule has 1 aliphatic rings. The molecule has 0 aromatic rings. The molecule has 0 aromatic heterocycles. The number of hydrogen-bond donors (Lipinski definition) is 1. The molecule has 0 aromatic carbocycles. The minimum absolute atomic E-state index is 0.527. The molecule has 17 heavy (non-hydrogen) atoms. The van der Waals surface area contributed by atoms with E-state index in [1.807, 2.05) is 0 Å². The molecule has 2 heteroatoms. The van der Waals surface area contributed by atoms with E-state index in [4.69, 9.17) is 0 Å². The molecule has 1 rings (SSSR count). The van der Waals surface area contributed by atoms with Crippen molar-refractivity contribution in [1.82, 2.24) is 10.2 Å². The summed E-state index contributed by atoms with van der Waals surface area (Å²) in [5.41, 5.74) is 0.527. The second-order valence-electron chi connectivity index (χ2n) is 7.15. The summed E-state index contributed by atoms with van der Waals surface area (Å²) in [5, 5.41) is 3.58. The Balaban J connectivity index is 2.29. The van der Waals surface area contributed by atoms with Crippen molar-refractivity contribution in [2.45, 2.75) is 54.0 Å². The molecule has 0 bridgehead atoms. The van der Waals surface area contributed by atoms with Gasteiger partial charge in [0.2, 0.25) is 0 Å². The number of hydrogen-bond acceptors (Lipinski definition) is 2. The maximum Gasteiger partial charge on any atom is 0.0105 e. The van der Waals surface area contributed by atoms with Crippen LogP contribution in [0.2, 0.25) is 0 Å². The standard InChI is InChI=1S/C15H32N2/c1-12(2)9-16-10-13(3)14(4)17-8-7-15(5,6)11-17/h12-14,16H,7-11H2,1-6H3. The van der Waals surface area contributed by atoms with Gasteiger partial charge < -0.3 is 5.32 Å². The highest BCUT2D eigenvalue weighted by atomic mass is 15.2. The van der Waals surface area contributed by atoms with Crippen LogP contribution >= 0.6 is 0 Å². The van der Waals surface area contributed by atoms with Crippen molar-refractivity contribution in [2.75, 3.05) is 26.2 Å². The van der Waals surface area contributed by atoms with Crippen LogP contribution in [0.25, 0.3) is 0 Å². The van der Waals surface area contributed by atoms with Crippen LogP contribution in [0.4, 0.5) is 0 Å². The lowest BCUT2D eigenvalue weighted by molar-refractivity contribution is 0.177. The fourth-order valence-corrected chi connectivity index (χ4v) is 2.63. The van der Waals surface area contributed by atoms with Gasteiger partial charge >= 0.3 is 0 Å². The first-order valence-corrected chi connectivity index (χ1v) is 7.26. The van der Waals surface area contributed by atoms with Gasteiger partial charge in [0.25, 0.3) is 0 Å². The van der Waals surface area contributed by atoms with Gasteiger partial charge in [-0.15, -0.1) is 0 Å². The third-order valence-corrected chi connectivity index (χ3v) is 4.13. The highest BCUT2D eigenvalue weighted by molar-refractivity contribution is 4.87. The van der Waals surface area contributed by atoms with Crippen LogP contribution in [0.5, 0.6) is 0 Å². The summed E-state index contributed by atoms with van der Waals surface area (Å²) in [6.07, 6.45) is 1.35. The summed E-state index contributed by atoms with van der Waals surface area (Å²) >= 11 is 0. The Morgan fingerprint density at radius 2 is 1.76 bits per heavy atom. The van der Waals surface area contributed by atoms with Gasteiger partial charge in [-0.05, 0) is 50.2 Å². The van der Waals surface area contributed by atoms with Crippen molar-refractivity contribution in [1.29, 1.82) is 0 Å². The molecule has 0 spiro atoms. The van der Waals surface area contributed by atoms with Crippen LogP contribution < -0.4 is 5.32 Å². The summed E-state index contributed by atoms with van der Waals surface area (Å²) in [5.74, 6) is 1.49. The molecule has 1 fully saturated rings. The lowest BCUT2D eigenvalue weighted by atomic mass is 9.93. The molecule has 0 saturated carbocycles. The van der Waals surface area contributed by atoms with Crippen LogP contribution in [0.15, 0.2) is 0 Å². The average molecular weight is 240 g/mol. The Morgan fingerprint density at radius 1 is 1.12 bits per heavy atom. The van der Waals surface area contributed by atoms with Gasteiger partial charge in [-0.2, -0.15) is 0 Å². The monoisotopic (exact) mass is 240 g/mol. The lowest BCUT2D eigenvalue weighted by Gasteiger charge is -2.31. The number of nitrogens with one attached hydrogen (secondary N) is 1. The molecule has 1 aliphatic heterocycles. The van der Waals surface area contributed by atoms with Crippen molar-refractivity contribution in [3.8, 4) is 0 Å². The predicted molar refractivity (Wildman–Crippen MR) is 76.3 cm³/mol. The van der Waals surface area contributed by atoms with Crippen molar-refractivity contribution in [2.24, 2.45) is 17.3 Å². The normalized spacial score (nSPS) is 24.2. The summed E-state index contributed by atoms with van der Waals surface area (Å²) in [4.78, 5) is 2.67. The minimum atomic E-state index is 0.527. The third kappa shape index (κ3) is 4.97. The second kappa shape index (κ2) is 6.19. The molecule has 0 radical (unpaired) electrons. The van der Waals surface area contributed by atoms with E-state index in [9.17, 15) is 0 Å². The average Bonchev–Trinajstić information content (AvgIpc) is 2.57. The molecule has 1 heterocycles.